The van der Waals surface area contributed by atoms with Gasteiger partial charge in [-0.25, -0.2) is 0 Å². The van der Waals surface area contributed by atoms with Gasteiger partial charge in [-0.15, -0.1) is 12.1 Å². The Hall–Kier alpha value is -2.76. The number of nitrogens with zero attached hydrogens (tertiary/aromatic N) is 2. The number of benzene rings is 2. The first-order valence-corrected chi connectivity index (χ1v) is 8.97. The van der Waals surface area contributed by atoms with Gasteiger partial charge >= 0.3 is 0 Å². The Bertz CT molecular complexity index is 1000. The van der Waals surface area contributed by atoms with Crippen LogP contribution in [0, 0.1) is 17.7 Å². The van der Waals surface area contributed by atoms with Gasteiger partial charge in [-0.2, -0.15) is 0 Å². The molecule has 0 saturated carbocycles. The smallest absolute Gasteiger partial charge is 0.155 e. The summed E-state index contributed by atoms with van der Waals surface area (Å²) in [5.74, 6) is -1.22. The van der Waals surface area contributed by atoms with Crippen LogP contribution in [0.15, 0.2) is 60.6 Å². The number of aliphatic hydroxyl groups is 1. The summed E-state index contributed by atoms with van der Waals surface area (Å²) in [4.78, 5) is 18.3. The summed E-state index contributed by atoms with van der Waals surface area (Å²) in [5, 5.41) is 8.36. The van der Waals surface area contributed by atoms with Crippen LogP contribution in [0.5, 0.6) is 0 Å². The Morgan fingerprint density at radius 3 is 2.20 bits per heavy atom. The molecule has 3 rings (SSSR count). The quantitative estimate of drug-likeness (QED) is 0.249. The summed E-state index contributed by atoms with van der Waals surface area (Å²) in [6.45, 7) is 4.83. The van der Waals surface area contributed by atoms with E-state index in [0.29, 0.717) is 5.56 Å². The molecule has 1 aromatic heterocycles. The molecule has 0 atom stereocenters. The Balaban J connectivity index is 0.000000489. The summed E-state index contributed by atoms with van der Waals surface area (Å²) in [5.41, 5.74) is 1.41. The summed E-state index contributed by atoms with van der Waals surface area (Å²) in [6.07, 6.45) is 5.24. The number of aryl methyl sites for hydroxylation is 1. The predicted molar refractivity (Wildman–Crippen MR) is 108 cm³/mol. The molecule has 0 aliphatic carbocycles. The first kappa shape index (κ1) is 25.3. The fourth-order valence-electron chi connectivity index (χ4n) is 2.49. The average Bonchev–Trinajstić information content (AvgIpc) is 2.69. The minimum atomic E-state index is -0.699. The van der Waals surface area contributed by atoms with Crippen molar-refractivity contribution in [3.63, 3.8) is 0 Å². The van der Waals surface area contributed by atoms with Crippen molar-refractivity contribution >= 4 is 5.78 Å². The van der Waals surface area contributed by atoms with E-state index in [1.54, 1.807) is 42.7 Å². The van der Waals surface area contributed by atoms with E-state index < -0.39 is 11.6 Å². The number of ketones is 1. The maximum atomic E-state index is 14.7. The van der Waals surface area contributed by atoms with Crippen LogP contribution in [0.4, 0.5) is 8.78 Å². The monoisotopic (exact) mass is 588 g/mol. The van der Waals surface area contributed by atoms with Crippen molar-refractivity contribution in [1.82, 2.24) is 9.97 Å². The van der Waals surface area contributed by atoms with Crippen LogP contribution in [-0.4, -0.2) is 20.9 Å². The third-order valence-electron chi connectivity index (χ3n) is 3.83. The van der Waals surface area contributed by atoms with E-state index in [1.807, 2.05) is 6.92 Å². The Morgan fingerprint density at radius 2 is 1.73 bits per heavy atom. The average molecular weight is 588 g/mol. The van der Waals surface area contributed by atoms with Crippen molar-refractivity contribution in [3.05, 3.63) is 83.9 Å². The zero-order valence-electron chi connectivity index (χ0n) is 16.7. The van der Waals surface area contributed by atoms with E-state index in [0.717, 1.165) is 18.1 Å². The fraction of sp³-hybridized carbons (Fsp3) is 0.174. The van der Waals surface area contributed by atoms with Crippen molar-refractivity contribution in [2.45, 2.75) is 27.2 Å². The van der Waals surface area contributed by atoms with Crippen molar-refractivity contribution in [1.29, 1.82) is 0 Å². The van der Waals surface area contributed by atoms with Gasteiger partial charge in [0.25, 0.3) is 0 Å². The zero-order valence-corrected chi connectivity index (χ0v) is 19.1. The summed E-state index contributed by atoms with van der Waals surface area (Å²) >= 11 is 0. The topological polar surface area (TPSA) is 63.1 Å². The van der Waals surface area contributed by atoms with Gasteiger partial charge in [0.2, 0.25) is 0 Å². The van der Waals surface area contributed by atoms with Crippen LogP contribution < -0.4 is 0 Å². The van der Waals surface area contributed by atoms with Crippen LogP contribution in [0.1, 0.15) is 26.3 Å². The molecule has 0 aliphatic heterocycles. The molecular weight excluding hydrogens is 566 g/mol. The molecule has 30 heavy (non-hydrogen) atoms. The number of carbonyl (C=O) groups is 1. The van der Waals surface area contributed by atoms with E-state index in [-0.39, 0.29) is 48.6 Å². The van der Waals surface area contributed by atoms with Gasteiger partial charge < -0.3 is 5.11 Å². The molecule has 7 heteroatoms. The molecule has 2 aromatic carbocycles. The summed E-state index contributed by atoms with van der Waals surface area (Å²) in [7, 11) is 0. The molecule has 0 aliphatic rings. The number of rotatable bonds is 4. The Kier molecular flexibility index (Phi) is 10.2. The third kappa shape index (κ3) is 6.94. The van der Waals surface area contributed by atoms with E-state index in [4.69, 9.17) is 5.11 Å². The first-order valence-electron chi connectivity index (χ1n) is 8.97. The molecule has 0 spiro atoms. The second-order valence-electron chi connectivity index (χ2n) is 6.23. The van der Waals surface area contributed by atoms with Gasteiger partial charge in [0.1, 0.15) is 0 Å². The van der Waals surface area contributed by atoms with Crippen molar-refractivity contribution in [2.75, 3.05) is 0 Å². The molecule has 1 N–H and O–H groups in total. The number of aromatic nitrogens is 2. The first-order chi connectivity index (χ1) is 13.8. The van der Waals surface area contributed by atoms with Crippen LogP contribution in [0.2, 0.25) is 0 Å². The molecule has 1 heterocycles. The standard InChI is InChI=1S/C18H13F2N2.C5H8O2.Ir/c1-2-12-10-21-18(22-11-12)14-8-9-15(19)16(17(14)20)13-6-4-3-5-7-13;1-4(6)3-5(2)7;/h3-7,9-11H,2H2,1H3;3,6H,1-2H3;/q-1;;. The third-order valence-corrected chi connectivity index (χ3v) is 3.83. The number of halogens is 2. The summed E-state index contributed by atoms with van der Waals surface area (Å²) in [6, 6.07) is 12.3. The van der Waals surface area contributed by atoms with Crippen molar-refractivity contribution in [2.24, 2.45) is 0 Å². The molecule has 159 valence electrons. The molecule has 1 radical (unpaired) electrons. The van der Waals surface area contributed by atoms with Gasteiger partial charge in [0.05, 0.1) is 17.4 Å². The normalized spacial score (nSPS) is 10.5. The van der Waals surface area contributed by atoms with Crippen molar-refractivity contribution < 1.29 is 38.8 Å². The molecule has 4 nitrogen and oxygen atoms in total. The molecule has 0 unspecified atom stereocenters. The van der Waals surface area contributed by atoms with E-state index >= 15 is 0 Å². The van der Waals surface area contributed by atoms with Gasteiger partial charge in [-0.3, -0.25) is 23.5 Å². The number of carbonyl (C=O) groups excluding carboxylic acids is 1. The SMILES string of the molecule is CC(=O)C=C(C)O.CCc1cnc(-c2[c-]cc(F)c(-c3ccccc3)c2F)nc1.[Ir]. The van der Waals surface area contributed by atoms with Gasteiger partial charge in [0.15, 0.2) is 5.78 Å². The molecule has 0 amide bonds. The molecule has 0 bridgehead atoms. The number of aliphatic hydroxyl groups excluding tert-OH is 1. The number of allylic oxidation sites excluding steroid dienone is 2. The zero-order chi connectivity index (χ0) is 21.4. The van der Waals surface area contributed by atoms with Crippen LogP contribution in [0.3, 0.4) is 0 Å². The van der Waals surface area contributed by atoms with Gasteiger partial charge in [0, 0.05) is 44.4 Å². The molecular formula is C23H21F2IrN2O2-. The minimum Gasteiger partial charge on any atom is -0.512 e. The van der Waals surface area contributed by atoms with E-state index in [2.05, 4.69) is 16.0 Å². The summed E-state index contributed by atoms with van der Waals surface area (Å²) < 4.78 is 28.8. The molecule has 3 aromatic rings. The van der Waals surface area contributed by atoms with Crippen LogP contribution in [0.25, 0.3) is 22.5 Å². The second kappa shape index (κ2) is 12.1. The predicted octanol–water partition coefficient (Wildman–Crippen LogP) is 5.49. The fourth-order valence-corrected chi connectivity index (χ4v) is 2.49. The maximum absolute atomic E-state index is 14.7. The van der Waals surface area contributed by atoms with Crippen LogP contribution >= 0.6 is 0 Å². The Labute approximate surface area is 188 Å². The minimum absolute atomic E-state index is 0. The van der Waals surface area contributed by atoms with Gasteiger partial charge in [-0.05, 0) is 37.0 Å². The van der Waals surface area contributed by atoms with Crippen LogP contribution in [-0.2, 0) is 31.3 Å². The largest absolute Gasteiger partial charge is 0.512 e. The van der Waals surface area contributed by atoms with E-state index in [9.17, 15) is 13.6 Å². The maximum Gasteiger partial charge on any atom is 0.155 e. The van der Waals surface area contributed by atoms with E-state index in [1.165, 1.54) is 19.9 Å². The van der Waals surface area contributed by atoms with Gasteiger partial charge in [-0.1, -0.05) is 42.8 Å². The molecule has 0 fully saturated rings. The molecule has 0 saturated heterocycles. The number of hydrogen-bond donors (Lipinski definition) is 1. The number of hydrogen-bond acceptors (Lipinski definition) is 4. The second-order valence-corrected chi connectivity index (χ2v) is 6.23. The van der Waals surface area contributed by atoms with Crippen molar-refractivity contribution in [3.8, 4) is 22.5 Å². The Morgan fingerprint density at radius 1 is 1.13 bits per heavy atom.